The number of imidazole rings is 1. The third-order valence-electron chi connectivity index (χ3n) is 5.35. The Morgan fingerprint density at radius 2 is 2.03 bits per heavy atom. The summed E-state index contributed by atoms with van der Waals surface area (Å²) in [7, 11) is 2.96. The van der Waals surface area contributed by atoms with Crippen molar-refractivity contribution in [2.75, 3.05) is 5.73 Å². The van der Waals surface area contributed by atoms with Crippen molar-refractivity contribution in [1.29, 1.82) is 0 Å². The number of aryl methyl sites for hydroxylation is 2. The molecule has 1 aliphatic carbocycles. The summed E-state index contributed by atoms with van der Waals surface area (Å²) in [6, 6.07) is 5.68. The molecule has 4 rings (SSSR count). The monoisotopic (exact) mass is 418 g/mol. The van der Waals surface area contributed by atoms with Gasteiger partial charge in [0.25, 0.3) is 5.56 Å². The van der Waals surface area contributed by atoms with Crippen LogP contribution in [-0.2, 0) is 31.9 Å². The zero-order chi connectivity index (χ0) is 20.0. The Bertz CT molecular complexity index is 1210. The third kappa shape index (κ3) is 3.53. The highest BCUT2D eigenvalue weighted by molar-refractivity contribution is 5.85. The van der Waals surface area contributed by atoms with Crippen molar-refractivity contribution in [3.8, 4) is 0 Å². The number of aromatic nitrogens is 4. The van der Waals surface area contributed by atoms with E-state index in [1.807, 2.05) is 18.2 Å². The van der Waals surface area contributed by atoms with Crippen molar-refractivity contribution in [2.24, 2.45) is 14.1 Å². The molecule has 3 aromatic rings. The van der Waals surface area contributed by atoms with E-state index in [9.17, 15) is 14.4 Å². The number of rotatable bonds is 3. The highest BCUT2D eigenvalue weighted by atomic mass is 35.5. The van der Waals surface area contributed by atoms with Gasteiger partial charge in [-0.25, -0.2) is 9.78 Å². The van der Waals surface area contributed by atoms with E-state index in [0.717, 1.165) is 40.6 Å². The quantitative estimate of drug-likeness (QED) is 0.605. The molecule has 2 aromatic heterocycles. The van der Waals surface area contributed by atoms with Crippen LogP contribution in [0.5, 0.6) is 0 Å². The van der Waals surface area contributed by atoms with Gasteiger partial charge in [-0.1, -0.05) is 6.07 Å². The Balaban J connectivity index is 0.00000240. The maximum atomic E-state index is 12.7. The predicted molar refractivity (Wildman–Crippen MR) is 112 cm³/mol. The van der Waals surface area contributed by atoms with Gasteiger partial charge in [0.1, 0.15) is 6.54 Å². The van der Waals surface area contributed by atoms with Gasteiger partial charge in [-0.3, -0.25) is 18.7 Å². The van der Waals surface area contributed by atoms with E-state index < -0.39 is 11.2 Å². The van der Waals surface area contributed by atoms with Crippen LogP contribution in [-0.4, -0.2) is 24.6 Å². The van der Waals surface area contributed by atoms with E-state index in [1.165, 1.54) is 22.5 Å². The first kappa shape index (κ1) is 20.7. The average molecular weight is 419 g/mol. The number of benzene rings is 1. The van der Waals surface area contributed by atoms with Crippen LogP contribution in [0.3, 0.4) is 0 Å². The lowest BCUT2D eigenvalue weighted by molar-refractivity contribution is -0.122. The molecule has 10 heteroatoms. The summed E-state index contributed by atoms with van der Waals surface area (Å²) in [6.07, 6.45) is 4.19. The fourth-order valence-corrected chi connectivity index (χ4v) is 3.90. The number of hydrogen-bond donors (Lipinski definition) is 2. The number of nitrogens with two attached hydrogens (primary N) is 1. The number of nitrogens with zero attached hydrogens (tertiary/aromatic N) is 4. The van der Waals surface area contributed by atoms with Gasteiger partial charge in [-0.2, -0.15) is 0 Å². The highest BCUT2D eigenvalue weighted by Crippen LogP contribution is 2.30. The number of halogens is 1. The molecule has 0 spiro atoms. The van der Waals surface area contributed by atoms with E-state index in [2.05, 4.69) is 10.3 Å². The number of fused-ring (bicyclic) bond motifs is 2. The Hall–Kier alpha value is -3.07. The van der Waals surface area contributed by atoms with Crippen LogP contribution in [0, 0.1) is 0 Å². The molecule has 0 aliphatic heterocycles. The Morgan fingerprint density at radius 1 is 1.28 bits per heavy atom. The molecule has 1 aromatic carbocycles. The van der Waals surface area contributed by atoms with Crippen LogP contribution in [0.1, 0.15) is 30.0 Å². The van der Waals surface area contributed by atoms with Gasteiger partial charge in [0.05, 0.1) is 12.4 Å². The van der Waals surface area contributed by atoms with Gasteiger partial charge in [0.15, 0.2) is 11.2 Å². The average Bonchev–Trinajstić information content (AvgIpc) is 3.08. The smallest absolute Gasteiger partial charge is 0.332 e. The molecule has 0 saturated heterocycles. The largest absolute Gasteiger partial charge is 0.399 e. The standard InChI is InChI=1S/C19H22N6O3.ClH/c1-23-17-16(18(27)24(2)19(23)28)25(10-21-17)9-15(26)22-14-5-3-4-11-8-12(20)6-7-13(11)14;/h6-8,10,14H,3-5,9,20H2,1-2H3,(H,22,26);1H. The molecule has 0 fully saturated rings. The summed E-state index contributed by atoms with van der Waals surface area (Å²) in [5.41, 5.74) is 8.41. The van der Waals surface area contributed by atoms with Crippen LogP contribution >= 0.6 is 12.4 Å². The molecule has 0 saturated carbocycles. The lowest BCUT2D eigenvalue weighted by atomic mass is 9.87. The first-order valence-corrected chi connectivity index (χ1v) is 9.15. The second-order valence-corrected chi connectivity index (χ2v) is 7.22. The molecule has 0 radical (unpaired) electrons. The minimum atomic E-state index is -0.470. The number of amides is 1. The number of nitrogen functional groups attached to an aromatic ring is 1. The number of hydrogen-bond acceptors (Lipinski definition) is 5. The van der Waals surface area contributed by atoms with E-state index >= 15 is 0 Å². The molecule has 0 bridgehead atoms. The molecule has 1 atom stereocenters. The highest BCUT2D eigenvalue weighted by Gasteiger charge is 2.23. The van der Waals surface area contributed by atoms with Crippen LogP contribution < -0.4 is 22.3 Å². The van der Waals surface area contributed by atoms with E-state index in [1.54, 1.807) is 7.05 Å². The second-order valence-electron chi connectivity index (χ2n) is 7.22. The normalized spacial score (nSPS) is 15.6. The number of carbonyl (C=O) groups is 1. The molecule has 2 heterocycles. The topological polar surface area (TPSA) is 117 Å². The molecule has 154 valence electrons. The van der Waals surface area contributed by atoms with E-state index in [0.29, 0.717) is 0 Å². The van der Waals surface area contributed by atoms with Gasteiger partial charge in [-0.05, 0) is 42.5 Å². The van der Waals surface area contributed by atoms with Gasteiger partial charge in [0.2, 0.25) is 5.91 Å². The molecule has 1 aliphatic rings. The van der Waals surface area contributed by atoms with Crippen molar-refractivity contribution in [3.05, 3.63) is 56.5 Å². The van der Waals surface area contributed by atoms with Gasteiger partial charge >= 0.3 is 5.69 Å². The molecule has 1 amide bonds. The number of anilines is 1. The minimum Gasteiger partial charge on any atom is -0.399 e. The first-order chi connectivity index (χ1) is 13.4. The summed E-state index contributed by atoms with van der Waals surface area (Å²) >= 11 is 0. The lowest BCUT2D eigenvalue weighted by Crippen LogP contribution is -2.38. The molecule has 1 unspecified atom stereocenters. The first-order valence-electron chi connectivity index (χ1n) is 9.15. The van der Waals surface area contributed by atoms with Crippen molar-refractivity contribution < 1.29 is 4.79 Å². The minimum absolute atomic E-state index is 0. The second kappa shape index (κ2) is 7.75. The Morgan fingerprint density at radius 3 is 2.79 bits per heavy atom. The van der Waals surface area contributed by atoms with Crippen molar-refractivity contribution >= 4 is 35.2 Å². The summed E-state index contributed by atoms with van der Waals surface area (Å²) in [5, 5.41) is 3.05. The van der Waals surface area contributed by atoms with Crippen molar-refractivity contribution in [2.45, 2.75) is 31.8 Å². The maximum Gasteiger partial charge on any atom is 0.332 e. The van der Waals surface area contributed by atoms with Crippen molar-refractivity contribution in [3.63, 3.8) is 0 Å². The predicted octanol–water partition coefficient (Wildman–Crippen LogP) is 0.631. The maximum absolute atomic E-state index is 12.7. The molecule has 29 heavy (non-hydrogen) atoms. The summed E-state index contributed by atoms with van der Waals surface area (Å²) in [4.78, 5) is 41.4. The van der Waals surface area contributed by atoms with Crippen LogP contribution in [0.4, 0.5) is 5.69 Å². The van der Waals surface area contributed by atoms with Crippen LogP contribution in [0.25, 0.3) is 11.2 Å². The molecular weight excluding hydrogens is 396 g/mol. The zero-order valence-corrected chi connectivity index (χ0v) is 17.0. The van der Waals surface area contributed by atoms with Gasteiger partial charge < -0.3 is 15.6 Å². The summed E-state index contributed by atoms with van der Waals surface area (Å²) < 4.78 is 3.80. The van der Waals surface area contributed by atoms with Crippen LogP contribution in [0.15, 0.2) is 34.1 Å². The van der Waals surface area contributed by atoms with E-state index in [-0.39, 0.29) is 42.1 Å². The fraction of sp³-hybridized carbons (Fsp3) is 0.368. The zero-order valence-electron chi connectivity index (χ0n) is 16.2. The Kier molecular flexibility index (Phi) is 5.52. The lowest BCUT2D eigenvalue weighted by Gasteiger charge is -2.26. The number of nitrogens with one attached hydrogen (secondary N) is 1. The van der Waals surface area contributed by atoms with Crippen molar-refractivity contribution in [1.82, 2.24) is 24.0 Å². The van der Waals surface area contributed by atoms with Gasteiger partial charge in [-0.15, -0.1) is 12.4 Å². The molecular formula is C19H23ClN6O3. The van der Waals surface area contributed by atoms with E-state index in [4.69, 9.17) is 5.73 Å². The summed E-state index contributed by atoms with van der Waals surface area (Å²) in [6.45, 7) is -0.0508. The van der Waals surface area contributed by atoms with Gasteiger partial charge in [0, 0.05) is 19.8 Å². The fourth-order valence-electron chi connectivity index (χ4n) is 3.90. The Labute approximate surface area is 172 Å². The molecule has 9 nitrogen and oxygen atoms in total. The summed E-state index contributed by atoms with van der Waals surface area (Å²) in [5.74, 6) is -0.218. The third-order valence-corrected chi connectivity index (χ3v) is 5.35. The SMILES string of the molecule is Cl.Cn1c(=O)c2c(ncn2CC(=O)NC2CCCc3cc(N)ccc32)n(C)c1=O. The molecule has 3 N–H and O–H groups in total. The number of carbonyl (C=O) groups excluding carboxylic acids is 1. The van der Waals surface area contributed by atoms with Crippen LogP contribution in [0.2, 0.25) is 0 Å².